The van der Waals surface area contributed by atoms with Gasteiger partial charge in [-0.3, -0.25) is 10.8 Å². The number of halogens is 1. The lowest BCUT2D eigenvalue weighted by molar-refractivity contribution is 0.709. The molecule has 5 nitrogen and oxygen atoms in total. The maximum absolute atomic E-state index is 8.77. The SMILES string of the molecule is CCn1c(=N)c(CCC(=N)N)c(-c2cccc(Cl)c2)c2ccc(C)nc21. The highest BCUT2D eigenvalue weighted by Crippen LogP contribution is 2.32. The van der Waals surface area contributed by atoms with Crippen molar-refractivity contribution >= 4 is 28.5 Å². The average molecular weight is 368 g/mol. The number of pyridine rings is 2. The molecule has 2 heterocycles. The molecule has 134 valence electrons. The zero-order valence-corrected chi connectivity index (χ0v) is 15.7. The molecule has 3 aromatic rings. The Labute approximate surface area is 157 Å². The van der Waals surface area contributed by atoms with Crippen LogP contribution in [0.1, 0.15) is 24.6 Å². The highest BCUT2D eigenvalue weighted by Gasteiger charge is 2.17. The third-order valence-corrected chi connectivity index (χ3v) is 4.71. The van der Waals surface area contributed by atoms with E-state index < -0.39 is 0 Å². The molecule has 1 aromatic carbocycles. The number of benzene rings is 1. The lowest BCUT2D eigenvalue weighted by atomic mass is 9.94. The Morgan fingerprint density at radius 3 is 2.69 bits per heavy atom. The quantitative estimate of drug-likeness (QED) is 0.469. The Bertz CT molecular complexity index is 1050. The summed E-state index contributed by atoms with van der Waals surface area (Å²) in [4.78, 5) is 4.70. The van der Waals surface area contributed by atoms with Gasteiger partial charge in [0.05, 0.1) is 5.84 Å². The number of rotatable bonds is 5. The van der Waals surface area contributed by atoms with Gasteiger partial charge in [0, 0.05) is 34.6 Å². The zero-order chi connectivity index (χ0) is 18.8. The van der Waals surface area contributed by atoms with Crippen LogP contribution in [0.15, 0.2) is 36.4 Å². The summed E-state index contributed by atoms with van der Waals surface area (Å²) in [6.45, 7) is 4.61. The van der Waals surface area contributed by atoms with E-state index in [2.05, 4.69) is 6.07 Å². The molecule has 0 unspecified atom stereocenters. The molecular weight excluding hydrogens is 346 g/mol. The molecule has 0 aliphatic heterocycles. The summed E-state index contributed by atoms with van der Waals surface area (Å²) in [5, 5.41) is 18.0. The van der Waals surface area contributed by atoms with Crippen LogP contribution in [0.2, 0.25) is 5.02 Å². The van der Waals surface area contributed by atoms with Crippen LogP contribution >= 0.6 is 11.6 Å². The first-order valence-electron chi connectivity index (χ1n) is 8.58. The Hall–Kier alpha value is -2.66. The number of nitrogens with two attached hydrogens (primary N) is 1. The van der Waals surface area contributed by atoms with Crippen molar-refractivity contribution in [3.05, 3.63) is 58.2 Å². The van der Waals surface area contributed by atoms with Gasteiger partial charge in [-0.05, 0) is 55.7 Å². The summed E-state index contributed by atoms with van der Waals surface area (Å²) < 4.78 is 1.91. The average Bonchev–Trinajstić information content (AvgIpc) is 2.59. The molecule has 2 aromatic heterocycles. The van der Waals surface area contributed by atoms with Crippen LogP contribution in [-0.4, -0.2) is 15.4 Å². The molecule has 0 atom stereocenters. The van der Waals surface area contributed by atoms with Crippen LogP contribution in [0.25, 0.3) is 22.2 Å². The second-order valence-electron chi connectivity index (χ2n) is 6.31. The van der Waals surface area contributed by atoms with Crippen LogP contribution in [0, 0.1) is 17.7 Å². The van der Waals surface area contributed by atoms with E-state index in [1.165, 1.54) is 0 Å². The predicted molar refractivity (Wildman–Crippen MR) is 107 cm³/mol. The second-order valence-corrected chi connectivity index (χ2v) is 6.74. The molecule has 0 bridgehead atoms. The molecule has 0 saturated carbocycles. The molecule has 3 rings (SSSR count). The van der Waals surface area contributed by atoms with E-state index in [0.29, 0.717) is 29.9 Å². The van der Waals surface area contributed by atoms with Crippen molar-refractivity contribution in [2.45, 2.75) is 33.2 Å². The summed E-state index contributed by atoms with van der Waals surface area (Å²) in [5.74, 6) is 0.117. The summed E-state index contributed by atoms with van der Waals surface area (Å²) in [6, 6.07) is 11.7. The first-order chi connectivity index (χ1) is 12.4. The summed E-state index contributed by atoms with van der Waals surface area (Å²) in [5.41, 5.74) is 10.5. The minimum Gasteiger partial charge on any atom is -0.388 e. The smallest absolute Gasteiger partial charge is 0.142 e. The Morgan fingerprint density at radius 2 is 2.04 bits per heavy atom. The molecule has 0 radical (unpaired) electrons. The van der Waals surface area contributed by atoms with Crippen LogP contribution < -0.4 is 11.2 Å². The number of amidine groups is 1. The van der Waals surface area contributed by atoms with Crippen LogP contribution in [-0.2, 0) is 13.0 Å². The summed E-state index contributed by atoms with van der Waals surface area (Å²) >= 11 is 6.23. The molecule has 0 fully saturated rings. The van der Waals surface area contributed by atoms with Crippen molar-refractivity contribution in [2.24, 2.45) is 5.73 Å². The Kier molecular flexibility index (Phi) is 5.09. The summed E-state index contributed by atoms with van der Waals surface area (Å²) in [6.07, 6.45) is 0.938. The highest BCUT2D eigenvalue weighted by molar-refractivity contribution is 6.30. The maximum Gasteiger partial charge on any atom is 0.142 e. The number of hydrogen-bond acceptors (Lipinski definition) is 3. The minimum atomic E-state index is 0.117. The third-order valence-electron chi connectivity index (χ3n) is 4.47. The number of aromatic nitrogens is 2. The van der Waals surface area contributed by atoms with Crippen molar-refractivity contribution < 1.29 is 0 Å². The Balaban J connectivity index is 2.43. The molecule has 4 N–H and O–H groups in total. The van der Waals surface area contributed by atoms with Gasteiger partial charge < -0.3 is 10.3 Å². The molecule has 0 aliphatic rings. The van der Waals surface area contributed by atoms with Crippen LogP contribution in [0.5, 0.6) is 0 Å². The molecular formula is C20H22ClN5. The molecule has 0 saturated heterocycles. The number of fused-ring (bicyclic) bond motifs is 1. The van der Waals surface area contributed by atoms with Crippen molar-refractivity contribution in [1.29, 1.82) is 10.8 Å². The van der Waals surface area contributed by atoms with E-state index in [1.807, 2.05) is 48.7 Å². The normalized spacial score (nSPS) is 11.0. The van der Waals surface area contributed by atoms with E-state index >= 15 is 0 Å². The standard InChI is InChI=1S/C20H22ClN5/c1-3-26-19(24)15(9-10-17(22)23)18(13-5-4-6-14(21)11-13)16-8-7-12(2)25-20(16)26/h4-8,11,24H,3,9-10H2,1-2H3,(H3,22,23). The van der Waals surface area contributed by atoms with Crippen LogP contribution in [0.4, 0.5) is 0 Å². The van der Waals surface area contributed by atoms with Crippen LogP contribution in [0.3, 0.4) is 0 Å². The second kappa shape index (κ2) is 7.30. The minimum absolute atomic E-state index is 0.117. The van der Waals surface area contributed by atoms with Crippen molar-refractivity contribution in [1.82, 2.24) is 9.55 Å². The van der Waals surface area contributed by atoms with Crippen molar-refractivity contribution in [3.63, 3.8) is 0 Å². The lowest BCUT2D eigenvalue weighted by Gasteiger charge is -2.19. The van der Waals surface area contributed by atoms with E-state index in [0.717, 1.165) is 33.4 Å². The fourth-order valence-electron chi connectivity index (χ4n) is 3.28. The predicted octanol–water partition coefficient (Wildman–Crippen LogP) is 4.03. The fourth-order valence-corrected chi connectivity index (χ4v) is 3.47. The van der Waals surface area contributed by atoms with Gasteiger partial charge in [-0.15, -0.1) is 0 Å². The van der Waals surface area contributed by atoms with E-state index in [1.54, 1.807) is 0 Å². The molecule has 0 aliphatic carbocycles. The van der Waals surface area contributed by atoms with Gasteiger partial charge in [-0.2, -0.15) is 0 Å². The largest absolute Gasteiger partial charge is 0.388 e. The lowest BCUT2D eigenvalue weighted by Crippen LogP contribution is -2.27. The molecule has 6 heteroatoms. The van der Waals surface area contributed by atoms with Gasteiger partial charge in [0.15, 0.2) is 0 Å². The number of aryl methyl sites for hydroxylation is 2. The van der Waals surface area contributed by atoms with Crippen molar-refractivity contribution in [2.75, 3.05) is 0 Å². The summed E-state index contributed by atoms with van der Waals surface area (Å²) in [7, 11) is 0. The van der Waals surface area contributed by atoms with E-state index in [4.69, 9.17) is 33.1 Å². The van der Waals surface area contributed by atoms with Gasteiger partial charge in [0.1, 0.15) is 11.1 Å². The topological polar surface area (TPSA) is 91.5 Å². The van der Waals surface area contributed by atoms with E-state index in [9.17, 15) is 0 Å². The maximum atomic E-state index is 8.77. The van der Waals surface area contributed by atoms with Gasteiger partial charge in [0.25, 0.3) is 0 Å². The monoisotopic (exact) mass is 367 g/mol. The Morgan fingerprint density at radius 1 is 1.27 bits per heavy atom. The van der Waals surface area contributed by atoms with Gasteiger partial charge >= 0.3 is 0 Å². The van der Waals surface area contributed by atoms with Crippen molar-refractivity contribution in [3.8, 4) is 11.1 Å². The fraction of sp³-hybridized carbons (Fsp3) is 0.250. The zero-order valence-electron chi connectivity index (χ0n) is 14.9. The van der Waals surface area contributed by atoms with Gasteiger partial charge in [-0.25, -0.2) is 4.98 Å². The van der Waals surface area contributed by atoms with Gasteiger partial charge in [0.2, 0.25) is 0 Å². The van der Waals surface area contributed by atoms with Gasteiger partial charge in [-0.1, -0.05) is 23.7 Å². The highest BCUT2D eigenvalue weighted by atomic mass is 35.5. The number of nitrogens with one attached hydrogen (secondary N) is 2. The van der Waals surface area contributed by atoms with E-state index in [-0.39, 0.29) is 5.84 Å². The molecule has 26 heavy (non-hydrogen) atoms. The third kappa shape index (κ3) is 3.35. The molecule has 0 spiro atoms. The first-order valence-corrected chi connectivity index (χ1v) is 8.96. The first kappa shape index (κ1) is 18.1. The molecule has 0 amide bonds. The number of nitrogens with zero attached hydrogens (tertiary/aromatic N) is 2. The number of hydrogen-bond donors (Lipinski definition) is 3.